The molecule has 0 fully saturated rings. The van der Waals surface area contributed by atoms with Crippen molar-refractivity contribution in [3.8, 4) is 0 Å². The third-order valence-electron chi connectivity index (χ3n) is 4.28. The van der Waals surface area contributed by atoms with Gasteiger partial charge >= 0.3 is 6.03 Å². The van der Waals surface area contributed by atoms with E-state index in [0.29, 0.717) is 0 Å². The summed E-state index contributed by atoms with van der Waals surface area (Å²) < 4.78 is 0. The molecule has 7 heteroatoms. The van der Waals surface area contributed by atoms with Crippen molar-refractivity contribution < 1.29 is 4.79 Å². The molecule has 1 aromatic carbocycles. The lowest BCUT2D eigenvalue weighted by molar-refractivity contribution is 0.262. The molecule has 0 radical (unpaired) electrons. The van der Waals surface area contributed by atoms with E-state index in [4.69, 9.17) is 11.6 Å². The van der Waals surface area contributed by atoms with Crippen molar-refractivity contribution in [2.45, 2.75) is 6.42 Å². The van der Waals surface area contributed by atoms with Gasteiger partial charge in [-0.25, -0.2) is 4.79 Å². The minimum Gasteiger partial charge on any atom is -0.366 e. The van der Waals surface area contributed by atoms with E-state index in [0.717, 1.165) is 41.0 Å². The predicted molar refractivity (Wildman–Crippen MR) is 114 cm³/mol. The first kappa shape index (κ1) is 17.5. The summed E-state index contributed by atoms with van der Waals surface area (Å²) in [6, 6.07) is 9.71. The Morgan fingerprint density at radius 3 is 2.92 bits per heavy atom. The normalized spacial score (nSPS) is 16.0. The first-order valence-corrected chi connectivity index (χ1v) is 10.6. The number of hydrogen-bond donors (Lipinski definition) is 2. The van der Waals surface area contributed by atoms with Crippen LogP contribution in [0, 0.1) is 0 Å². The molecular formula is C19H18ClN3OS2. The number of rotatable bonds is 4. The Labute approximate surface area is 165 Å². The fourth-order valence-electron chi connectivity index (χ4n) is 3.06. The van der Waals surface area contributed by atoms with Crippen molar-refractivity contribution >= 4 is 57.1 Å². The van der Waals surface area contributed by atoms with Crippen LogP contribution in [0.25, 0.3) is 0 Å². The van der Waals surface area contributed by atoms with Crippen molar-refractivity contribution in [1.29, 1.82) is 0 Å². The molecule has 1 aromatic heterocycles. The number of benzene rings is 1. The maximum atomic E-state index is 12.1. The van der Waals surface area contributed by atoms with Crippen molar-refractivity contribution in [1.82, 2.24) is 0 Å². The SMILES string of the molecule is O=C(Nc1ccc2c(c1)CCN2CC1=CC=C(Cl)CS1)Nc1cccs1. The molecule has 4 rings (SSSR count). The molecule has 2 aliphatic heterocycles. The molecular weight excluding hydrogens is 386 g/mol. The number of thiophene rings is 1. The number of allylic oxidation sites excluding steroid dienone is 2. The molecule has 0 bridgehead atoms. The topological polar surface area (TPSA) is 44.4 Å². The van der Waals surface area contributed by atoms with Crippen LogP contribution in [-0.4, -0.2) is 24.9 Å². The van der Waals surface area contributed by atoms with Crippen LogP contribution in [0.2, 0.25) is 0 Å². The number of fused-ring (bicyclic) bond motifs is 1. The number of hydrogen-bond acceptors (Lipinski definition) is 4. The van der Waals surface area contributed by atoms with E-state index in [1.165, 1.54) is 27.5 Å². The molecule has 2 N–H and O–H groups in total. The Morgan fingerprint density at radius 1 is 1.23 bits per heavy atom. The van der Waals surface area contributed by atoms with Gasteiger partial charge in [-0.15, -0.1) is 23.1 Å². The van der Waals surface area contributed by atoms with Crippen LogP contribution in [0.3, 0.4) is 0 Å². The quantitative estimate of drug-likeness (QED) is 0.707. The number of halogens is 1. The molecule has 2 amide bonds. The summed E-state index contributed by atoms with van der Waals surface area (Å²) in [4.78, 5) is 15.8. The number of carbonyl (C=O) groups excluding carboxylic acids is 1. The highest BCUT2D eigenvalue weighted by molar-refractivity contribution is 8.03. The van der Waals surface area contributed by atoms with Crippen LogP contribution in [0.4, 0.5) is 21.2 Å². The van der Waals surface area contributed by atoms with Gasteiger partial charge in [0.1, 0.15) is 0 Å². The van der Waals surface area contributed by atoms with E-state index >= 15 is 0 Å². The molecule has 2 aromatic rings. The molecule has 0 aliphatic carbocycles. The van der Waals surface area contributed by atoms with Crippen LogP contribution >= 0.6 is 34.7 Å². The van der Waals surface area contributed by atoms with Gasteiger partial charge in [0, 0.05) is 40.2 Å². The monoisotopic (exact) mass is 403 g/mol. The molecule has 134 valence electrons. The number of anilines is 3. The Balaban J connectivity index is 1.41. The molecule has 0 atom stereocenters. The minimum atomic E-state index is -0.213. The Kier molecular flexibility index (Phi) is 5.24. The van der Waals surface area contributed by atoms with E-state index in [1.54, 1.807) is 11.8 Å². The van der Waals surface area contributed by atoms with Crippen molar-refractivity contribution in [2.75, 3.05) is 34.4 Å². The van der Waals surface area contributed by atoms with E-state index in [2.05, 4.69) is 33.7 Å². The van der Waals surface area contributed by atoms with Gasteiger partial charge in [-0.1, -0.05) is 11.6 Å². The minimum absolute atomic E-state index is 0.213. The molecule has 3 heterocycles. The van der Waals surface area contributed by atoms with E-state index < -0.39 is 0 Å². The van der Waals surface area contributed by atoms with Crippen molar-refractivity contribution in [3.63, 3.8) is 0 Å². The smallest absolute Gasteiger partial charge is 0.324 e. The zero-order valence-corrected chi connectivity index (χ0v) is 16.4. The van der Waals surface area contributed by atoms with Gasteiger partial charge in [-0.05, 0) is 59.8 Å². The summed E-state index contributed by atoms with van der Waals surface area (Å²) in [6.07, 6.45) is 5.09. The summed E-state index contributed by atoms with van der Waals surface area (Å²) in [5, 5.41) is 9.42. The highest BCUT2D eigenvalue weighted by atomic mass is 35.5. The second kappa shape index (κ2) is 7.78. The summed E-state index contributed by atoms with van der Waals surface area (Å²) in [5.41, 5.74) is 3.34. The van der Waals surface area contributed by atoms with Crippen molar-refractivity contribution in [2.24, 2.45) is 0 Å². The second-order valence-corrected chi connectivity index (χ2v) is 8.64. The third-order valence-corrected chi connectivity index (χ3v) is 6.57. The Bertz CT molecular complexity index is 877. The van der Waals surface area contributed by atoms with Gasteiger partial charge in [-0.3, -0.25) is 5.32 Å². The first-order chi connectivity index (χ1) is 12.7. The highest BCUT2D eigenvalue weighted by Crippen LogP contribution is 2.34. The maximum Gasteiger partial charge on any atom is 0.324 e. The van der Waals surface area contributed by atoms with E-state index in [-0.39, 0.29) is 6.03 Å². The zero-order chi connectivity index (χ0) is 17.9. The summed E-state index contributed by atoms with van der Waals surface area (Å²) in [6.45, 7) is 1.90. The second-order valence-electron chi connectivity index (χ2n) is 6.11. The molecule has 2 aliphatic rings. The van der Waals surface area contributed by atoms with Gasteiger partial charge < -0.3 is 10.2 Å². The highest BCUT2D eigenvalue weighted by Gasteiger charge is 2.21. The lowest BCUT2D eigenvalue weighted by atomic mass is 10.1. The molecule has 0 unspecified atom stereocenters. The van der Waals surface area contributed by atoms with Gasteiger partial charge in [0.25, 0.3) is 0 Å². The molecule has 4 nitrogen and oxygen atoms in total. The lowest BCUT2D eigenvalue weighted by Gasteiger charge is -2.22. The average molecular weight is 404 g/mol. The number of nitrogens with one attached hydrogen (secondary N) is 2. The fourth-order valence-corrected chi connectivity index (χ4v) is 4.73. The van der Waals surface area contributed by atoms with Gasteiger partial charge in [0.05, 0.1) is 5.00 Å². The average Bonchev–Trinajstić information content (AvgIpc) is 3.27. The van der Waals surface area contributed by atoms with E-state index in [9.17, 15) is 4.79 Å². The van der Waals surface area contributed by atoms with Crippen LogP contribution < -0.4 is 15.5 Å². The molecule has 0 spiro atoms. The number of urea groups is 1. The maximum absolute atomic E-state index is 12.1. The van der Waals surface area contributed by atoms with Gasteiger partial charge in [0.15, 0.2) is 0 Å². The third kappa shape index (κ3) is 4.09. The number of thioether (sulfide) groups is 1. The Morgan fingerprint density at radius 2 is 2.15 bits per heavy atom. The summed E-state index contributed by atoms with van der Waals surface area (Å²) in [5.74, 6) is 0.857. The summed E-state index contributed by atoms with van der Waals surface area (Å²) in [7, 11) is 0. The van der Waals surface area contributed by atoms with Crippen molar-refractivity contribution in [3.05, 3.63) is 63.4 Å². The molecule has 0 saturated carbocycles. The zero-order valence-electron chi connectivity index (χ0n) is 14.0. The Hall–Kier alpha value is -1.89. The number of carbonyl (C=O) groups is 1. The van der Waals surface area contributed by atoms with Gasteiger partial charge in [0.2, 0.25) is 0 Å². The standard InChI is InChI=1S/C19H18ClN3OS2/c20-14-3-5-16(26-12-14)11-23-8-7-13-10-15(4-6-17(13)23)21-19(24)22-18-2-1-9-25-18/h1-6,9-10H,7-8,11-12H2,(H2,21,22,24). The first-order valence-electron chi connectivity index (χ1n) is 8.35. The van der Waals surface area contributed by atoms with Crippen LogP contribution in [0.15, 0.2) is 57.8 Å². The van der Waals surface area contributed by atoms with Crippen LogP contribution in [0.1, 0.15) is 5.56 Å². The van der Waals surface area contributed by atoms with Crippen LogP contribution in [0.5, 0.6) is 0 Å². The van der Waals surface area contributed by atoms with Gasteiger partial charge in [-0.2, -0.15) is 0 Å². The fraction of sp³-hybridized carbons (Fsp3) is 0.211. The molecule has 26 heavy (non-hydrogen) atoms. The lowest BCUT2D eigenvalue weighted by Crippen LogP contribution is -2.23. The number of amides is 2. The number of nitrogens with zero attached hydrogens (tertiary/aromatic N) is 1. The largest absolute Gasteiger partial charge is 0.366 e. The van der Waals surface area contributed by atoms with E-state index in [1.807, 2.05) is 29.7 Å². The molecule has 0 saturated heterocycles. The predicted octanol–water partition coefficient (Wildman–Crippen LogP) is 5.51. The summed E-state index contributed by atoms with van der Waals surface area (Å²) >= 11 is 9.33. The van der Waals surface area contributed by atoms with Crippen LogP contribution in [-0.2, 0) is 6.42 Å².